The van der Waals surface area contributed by atoms with E-state index in [4.69, 9.17) is 4.55 Å². The van der Waals surface area contributed by atoms with Crippen molar-refractivity contribution in [2.75, 3.05) is 25.9 Å². The van der Waals surface area contributed by atoms with Crippen LogP contribution in [0.4, 0.5) is 0 Å². The van der Waals surface area contributed by atoms with Crippen molar-refractivity contribution in [2.45, 2.75) is 18.9 Å². The number of carbonyl (C=O) groups excluding carboxylic acids is 1. The van der Waals surface area contributed by atoms with E-state index in [0.29, 0.717) is 19.1 Å². The Kier molecular flexibility index (Phi) is 4.50. The van der Waals surface area contributed by atoms with Gasteiger partial charge in [-0.2, -0.15) is 0 Å². The Morgan fingerprint density at radius 1 is 1.57 bits per heavy atom. The van der Waals surface area contributed by atoms with Crippen LogP contribution in [0.1, 0.15) is 12.8 Å². The lowest BCUT2D eigenvalue weighted by Gasteiger charge is -2.31. The van der Waals surface area contributed by atoms with Crippen molar-refractivity contribution in [1.82, 2.24) is 10.2 Å². The fraction of sp³-hybridized carbons (Fsp3) is 0.875. The van der Waals surface area contributed by atoms with Crippen LogP contribution in [-0.2, 0) is 15.9 Å². The van der Waals surface area contributed by atoms with Crippen LogP contribution in [0.5, 0.6) is 0 Å². The van der Waals surface area contributed by atoms with E-state index in [1.807, 2.05) is 7.05 Å². The van der Waals surface area contributed by atoms with Crippen LogP contribution in [0.3, 0.4) is 0 Å². The minimum absolute atomic E-state index is 0.222. The van der Waals surface area contributed by atoms with Gasteiger partial charge in [0, 0.05) is 19.1 Å². The normalized spacial score (nSPS) is 20.9. The van der Waals surface area contributed by atoms with Crippen LogP contribution in [0.15, 0.2) is 0 Å². The van der Waals surface area contributed by atoms with Crippen molar-refractivity contribution in [3.05, 3.63) is 0 Å². The first-order valence-electron chi connectivity index (χ1n) is 4.66. The van der Waals surface area contributed by atoms with Gasteiger partial charge < -0.3 is 14.8 Å². The van der Waals surface area contributed by atoms with Gasteiger partial charge in [0.25, 0.3) is 0 Å². The van der Waals surface area contributed by atoms with Crippen LogP contribution < -0.4 is 5.32 Å². The zero-order valence-corrected chi connectivity index (χ0v) is 9.05. The summed E-state index contributed by atoms with van der Waals surface area (Å²) in [5.41, 5.74) is 0. The first kappa shape index (κ1) is 11.6. The van der Waals surface area contributed by atoms with Gasteiger partial charge in [0.15, 0.2) is 11.1 Å². The number of carbonyl (C=O) groups is 1. The number of amides is 1. The lowest BCUT2D eigenvalue weighted by atomic mass is 10.1. The summed E-state index contributed by atoms with van der Waals surface area (Å²) in [6.45, 7) is 1.36. The highest BCUT2D eigenvalue weighted by Gasteiger charge is 2.22. The van der Waals surface area contributed by atoms with Crippen molar-refractivity contribution in [3.8, 4) is 0 Å². The largest absolute Gasteiger partial charge is 0.342 e. The molecule has 1 amide bonds. The number of rotatable bonds is 3. The molecule has 1 heterocycles. The van der Waals surface area contributed by atoms with Crippen molar-refractivity contribution < 1.29 is 13.6 Å². The predicted molar refractivity (Wildman–Crippen MR) is 54.3 cm³/mol. The molecule has 1 aliphatic rings. The summed E-state index contributed by atoms with van der Waals surface area (Å²) in [6.07, 6.45) is 1.83. The average molecular weight is 220 g/mol. The standard InChI is InChI=1S/C8H16N2O3S/c1-9-7-2-4-10(5-3-7)8(11)6-14(12)13/h7,9H,2-6H2,1H3,(H,12,13). The average Bonchev–Trinajstić information content (AvgIpc) is 2.17. The van der Waals surface area contributed by atoms with Crippen LogP contribution in [-0.4, -0.2) is 51.5 Å². The van der Waals surface area contributed by atoms with Crippen LogP contribution >= 0.6 is 0 Å². The second kappa shape index (κ2) is 5.43. The molecule has 1 atom stereocenters. The molecule has 0 radical (unpaired) electrons. The maximum Gasteiger partial charge on any atom is 0.237 e. The molecule has 1 fully saturated rings. The third-order valence-electron chi connectivity index (χ3n) is 2.50. The van der Waals surface area contributed by atoms with Crippen molar-refractivity contribution >= 4 is 17.0 Å². The van der Waals surface area contributed by atoms with E-state index < -0.39 is 11.1 Å². The zero-order valence-electron chi connectivity index (χ0n) is 8.23. The molecule has 0 aromatic carbocycles. The van der Waals surface area contributed by atoms with Gasteiger partial charge in [0.05, 0.1) is 0 Å². The summed E-state index contributed by atoms with van der Waals surface area (Å²) < 4.78 is 19.0. The molecule has 1 aliphatic heterocycles. The van der Waals surface area contributed by atoms with Crippen molar-refractivity contribution in [1.29, 1.82) is 0 Å². The topological polar surface area (TPSA) is 69.6 Å². The molecule has 82 valence electrons. The summed E-state index contributed by atoms with van der Waals surface area (Å²) >= 11 is -2.01. The molecule has 14 heavy (non-hydrogen) atoms. The quantitative estimate of drug-likeness (QED) is 0.624. The molecule has 0 bridgehead atoms. The molecule has 1 rings (SSSR count). The molecular weight excluding hydrogens is 204 g/mol. The van der Waals surface area contributed by atoms with Crippen molar-refractivity contribution in [2.24, 2.45) is 0 Å². The SMILES string of the molecule is CNC1CCN(C(=O)CS(=O)O)CC1. The molecular formula is C8H16N2O3S. The van der Waals surface area contributed by atoms with Crippen LogP contribution in [0.25, 0.3) is 0 Å². The van der Waals surface area contributed by atoms with E-state index >= 15 is 0 Å². The monoisotopic (exact) mass is 220 g/mol. The van der Waals surface area contributed by atoms with E-state index in [-0.39, 0.29) is 11.7 Å². The van der Waals surface area contributed by atoms with E-state index in [1.54, 1.807) is 4.90 Å². The molecule has 5 nitrogen and oxygen atoms in total. The number of hydrogen-bond donors (Lipinski definition) is 2. The van der Waals surface area contributed by atoms with E-state index in [2.05, 4.69) is 5.32 Å². The summed E-state index contributed by atoms with van der Waals surface area (Å²) in [5.74, 6) is -0.495. The summed E-state index contributed by atoms with van der Waals surface area (Å²) in [6, 6.07) is 0.471. The molecule has 0 saturated carbocycles. The fourth-order valence-electron chi connectivity index (χ4n) is 1.61. The summed E-state index contributed by atoms with van der Waals surface area (Å²) in [7, 11) is 1.91. The number of likely N-dealkylation sites (tertiary alicyclic amines) is 1. The minimum Gasteiger partial charge on any atom is -0.342 e. The zero-order chi connectivity index (χ0) is 10.6. The minimum atomic E-state index is -2.01. The molecule has 2 N–H and O–H groups in total. The number of piperidine rings is 1. The van der Waals surface area contributed by atoms with E-state index in [0.717, 1.165) is 12.8 Å². The molecule has 1 saturated heterocycles. The van der Waals surface area contributed by atoms with Gasteiger partial charge in [0.2, 0.25) is 5.91 Å². The predicted octanol–water partition coefficient (Wildman–Crippen LogP) is -0.581. The molecule has 0 aliphatic carbocycles. The molecule has 0 aromatic rings. The van der Waals surface area contributed by atoms with Gasteiger partial charge in [0.1, 0.15) is 5.75 Å². The Morgan fingerprint density at radius 3 is 2.57 bits per heavy atom. The van der Waals surface area contributed by atoms with Gasteiger partial charge in [-0.3, -0.25) is 4.79 Å². The van der Waals surface area contributed by atoms with Crippen LogP contribution in [0.2, 0.25) is 0 Å². The highest BCUT2D eigenvalue weighted by Crippen LogP contribution is 2.09. The fourth-order valence-corrected chi connectivity index (χ4v) is 2.01. The molecule has 1 unspecified atom stereocenters. The first-order chi connectivity index (χ1) is 6.63. The Morgan fingerprint density at radius 2 is 2.14 bits per heavy atom. The first-order valence-corrected chi connectivity index (χ1v) is 5.93. The number of hydrogen-bond acceptors (Lipinski definition) is 3. The molecule has 0 aromatic heterocycles. The Labute approximate surface area is 86.1 Å². The van der Waals surface area contributed by atoms with Crippen LogP contribution in [0, 0.1) is 0 Å². The van der Waals surface area contributed by atoms with E-state index in [1.165, 1.54) is 0 Å². The second-order valence-corrected chi connectivity index (χ2v) is 4.34. The summed E-state index contributed by atoms with van der Waals surface area (Å²) in [4.78, 5) is 13.0. The van der Waals surface area contributed by atoms with Gasteiger partial charge in [-0.15, -0.1) is 0 Å². The second-order valence-electron chi connectivity index (χ2n) is 3.41. The smallest absolute Gasteiger partial charge is 0.237 e. The Hall–Kier alpha value is -0.460. The van der Waals surface area contributed by atoms with Gasteiger partial charge in [-0.1, -0.05) is 0 Å². The van der Waals surface area contributed by atoms with Gasteiger partial charge >= 0.3 is 0 Å². The summed E-state index contributed by atoms with van der Waals surface area (Å²) in [5, 5.41) is 3.16. The lowest BCUT2D eigenvalue weighted by molar-refractivity contribution is -0.129. The molecule has 0 spiro atoms. The Balaban J connectivity index is 2.34. The number of nitrogens with one attached hydrogen (secondary N) is 1. The highest BCUT2D eigenvalue weighted by molar-refractivity contribution is 7.80. The van der Waals surface area contributed by atoms with E-state index in [9.17, 15) is 9.00 Å². The maximum absolute atomic E-state index is 11.4. The lowest BCUT2D eigenvalue weighted by Crippen LogP contribution is -2.45. The molecule has 6 heteroatoms. The third-order valence-corrected chi connectivity index (χ3v) is 3.00. The third kappa shape index (κ3) is 3.36. The van der Waals surface area contributed by atoms with Gasteiger partial charge in [-0.05, 0) is 19.9 Å². The highest BCUT2D eigenvalue weighted by atomic mass is 32.2. The van der Waals surface area contributed by atoms with Gasteiger partial charge in [-0.25, -0.2) is 4.21 Å². The number of nitrogens with zero attached hydrogens (tertiary/aromatic N) is 1. The van der Waals surface area contributed by atoms with Crippen molar-refractivity contribution in [3.63, 3.8) is 0 Å². The maximum atomic E-state index is 11.4. The Bertz CT molecular complexity index is 227.